The topological polar surface area (TPSA) is 49.5 Å². The van der Waals surface area contributed by atoms with Crippen LogP contribution in [0.3, 0.4) is 0 Å². The summed E-state index contributed by atoms with van der Waals surface area (Å²) in [6.07, 6.45) is 1.72. The van der Waals surface area contributed by atoms with Gasteiger partial charge in [0.25, 0.3) is 0 Å². The number of nitrogens with one attached hydrogen (secondary N) is 1. The Morgan fingerprint density at radius 3 is 2.65 bits per heavy atom. The number of benzene rings is 2. The first-order chi connectivity index (χ1) is 12.6. The maximum Gasteiger partial charge on any atom is 0.166 e. The van der Waals surface area contributed by atoms with Gasteiger partial charge in [-0.2, -0.15) is 5.10 Å². The number of piperazine rings is 1. The van der Waals surface area contributed by atoms with E-state index in [0.29, 0.717) is 11.3 Å². The normalized spacial score (nSPS) is 15.6. The standard InChI is InChI=1S/C21H27N3O2/c1-16-7-8-19(17(2)13-16)15-23-9-11-24(12-10-23)22-14-18-5-4-6-20(26-3)21(18)25/h4-8,13-14,25H,9-12,15H2,1-3H3/p+1/b22-14+. The van der Waals surface area contributed by atoms with Gasteiger partial charge >= 0.3 is 0 Å². The first kappa shape index (κ1) is 18.3. The Morgan fingerprint density at radius 2 is 1.96 bits per heavy atom. The summed E-state index contributed by atoms with van der Waals surface area (Å²) in [6.45, 7) is 9.37. The van der Waals surface area contributed by atoms with Crippen molar-refractivity contribution >= 4 is 6.21 Å². The van der Waals surface area contributed by atoms with Gasteiger partial charge < -0.3 is 14.7 Å². The molecule has 2 N–H and O–H groups in total. The predicted octanol–water partition coefficient (Wildman–Crippen LogP) is 1.75. The summed E-state index contributed by atoms with van der Waals surface area (Å²) in [5.74, 6) is 0.606. The Balaban J connectivity index is 1.55. The van der Waals surface area contributed by atoms with Crippen LogP contribution < -0.4 is 9.64 Å². The molecule has 1 aliphatic rings. The van der Waals surface area contributed by atoms with Crippen LogP contribution >= 0.6 is 0 Å². The van der Waals surface area contributed by atoms with Crippen molar-refractivity contribution in [3.63, 3.8) is 0 Å². The molecule has 1 aliphatic heterocycles. The zero-order valence-electron chi connectivity index (χ0n) is 15.8. The monoisotopic (exact) mass is 354 g/mol. The van der Waals surface area contributed by atoms with Gasteiger partial charge in [0.1, 0.15) is 6.54 Å². The number of methoxy groups -OCH3 is 1. The van der Waals surface area contributed by atoms with E-state index in [2.05, 4.69) is 42.2 Å². The maximum absolute atomic E-state index is 10.1. The fourth-order valence-electron chi connectivity index (χ4n) is 3.37. The minimum Gasteiger partial charge on any atom is -0.504 e. The first-order valence-electron chi connectivity index (χ1n) is 9.11. The van der Waals surface area contributed by atoms with E-state index in [9.17, 15) is 5.11 Å². The van der Waals surface area contributed by atoms with E-state index in [0.717, 1.165) is 32.7 Å². The lowest BCUT2D eigenvalue weighted by atomic mass is 10.1. The number of ether oxygens (including phenoxy) is 1. The molecular weight excluding hydrogens is 326 g/mol. The fraction of sp³-hybridized carbons (Fsp3) is 0.381. The molecule has 0 unspecified atom stereocenters. The van der Waals surface area contributed by atoms with Crippen LogP contribution in [0.1, 0.15) is 22.3 Å². The number of hydrogen-bond acceptors (Lipinski definition) is 4. The van der Waals surface area contributed by atoms with Gasteiger partial charge in [-0.25, -0.2) is 0 Å². The van der Waals surface area contributed by atoms with Gasteiger partial charge in [-0.15, -0.1) is 0 Å². The van der Waals surface area contributed by atoms with Crippen LogP contribution in [0.5, 0.6) is 11.5 Å². The summed E-state index contributed by atoms with van der Waals surface area (Å²) >= 11 is 0. The summed E-state index contributed by atoms with van der Waals surface area (Å²) in [7, 11) is 1.55. The van der Waals surface area contributed by atoms with Crippen LogP contribution in [0.4, 0.5) is 0 Å². The second kappa shape index (κ2) is 8.23. The molecule has 1 saturated heterocycles. The van der Waals surface area contributed by atoms with Gasteiger partial charge in [0.2, 0.25) is 0 Å². The molecule has 26 heavy (non-hydrogen) atoms. The number of quaternary nitrogens is 1. The molecule has 5 nitrogen and oxygen atoms in total. The molecule has 0 amide bonds. The Kier molecular flexibility index (Phi) is 5.78. The van der Waals surface area contributed by atoms with Crippen molar-refractivity contribution in [2.75, 3.05) is 33.3 Å². The molecule has 0 radical (unpaired) electrons. The molecule has 2 aromatic rings. The van der Waals surface area contributed by atoms with E-state index in [1.807, 2.05) is 12.1 Å². The van der Waals surface area contributed by atoms with E-state index in [-0.39, 0.29) is 5.75 Å². The third kappa shape index (κ3) is 4.35. The minimum absolute atomic E-state index is 0.137. The second-order valence-corrected chi connectivity index (χ2v) is 6.95. The Morgan fingerprint density at radius 1 is 1.19 bits per heavy atom. The van der Waals surface area contributed by atoms with Crippen LogP contribution in [0, 0.1) is 13.8 Å². The van der Waals surface area contributed by atoms with Crippen LogP contribution in [0.2, 0.25) is 0 Å². The number of hydrogen-bond donors (Lipinski definition) is 2. The molecule has 1 heterocycles. The molecule has 0 aliphatic carbocycles. The van der Waals surface area contributed by atoms with Gasteiger partial charge in [-0.05, 0) is 31.5 Å². The lowest BCUT2D eigenvalue weighted by molar-refractivity contribution is -0.918. The largest absolute Gasteiger partial charge is 0.504 e. The van der Waals surface area contributed by atoms with E-state index >= 15 is 0 Å². The highest BCUT2D eigenvalue weighted by Gasteiger charge is 2.19. The molecule has 2 aromatic carbocycles. The molecule has 1 fully saturated rings. The fourth-order valence-corrected chi connectivity index (χ4v) is 3.37. The number of para-hydroxylation sites is 1. The summed E-state index contributed by atoms with van der Waals surface area (Å²) in [5.41, 5.74) is 4.81. The molecule has 0 atom stereocenters. The highest BCUT2D eigenvalue weighted by Crippen LogP contribution is 2.28. The van der Waals surface area contributed by atoms with E-state index in [1.54, 1.807) is 24.3 Å². The second-order valence-electron chi connectivity index (χ2n) is 6.95. The highest BCUT2D eigenvalue weighted by atomic mass is 16.5. The molecule has 0 bridgehead atoms. The van der Waals surface area contributed by atoms with Crippen molar-refractivity contribution in [2.45, 2.75) is 20.4 Å². The zero-order valence-corrected chi connectivity index (χ0v) is 15.8. The van der Waals surface area contributed by atoms with Crippen LogP contribution in [-0.4, -0.2) is 49.6 Å². The number of rotatable bonds is 5. The van der Waals surface area contributed by atoms with Crippen LogP contribution in [0.25, 0.3) is 0 Å². The van der Waals surface area contributed by atoms with Crippen molar-refractivity contribution in [2.24, 2.45) is 5.10 Å². The lowest BCUT2D eigenvalue weighted by Gasteiger charge is -2.30. The number of phenolic OH excluding ortho intramolecular Hbond substituents is 1. The Bertz CT molecular complexity index is 781. The van der Waals surface area contributed by atoms with Crippen molar-refractivity contribution < 1.29 is 14.7 Å². The Labute approximate surface area is 155 Å². The van der Waals surface area contributed by atoms with Gasteiger partial charge in [0, 0.05) is 11.1 Å². The molecule has 0 aromatic heterocycles. The van der Waals surface area contributed by atoms with Crippen molar-refractivity contribution in [1.29, 1.82) is 0 Å². The first-order valence-corrected chi connectivity index (χ1v) is 9.11. The number of hydrazone groups is 1. The lowest BCUT2D eigenvalue weighted by Crippen LogP contribution is -3.13. The van der Waals surface area contributed by atoms with Crippen molar-refractivity contribution in [1.82, 2.24) is 5.01 Å². The number of nitrogens with zero attached hydrogens (tertiary/aromatic N) is 2. The molecule has 138 valence electrons. The van der Waals surface area contributed by atoms with Crippen LogP contribution in [-0.2, 0) is 6.54 Å². The Hall–Kier alpha value is -2.53. The van der Waals surface area contributed by atoms with Gasteiger partial charge in [-0.3, -0.25) is 5.01 Å². The highest BCUT2D eigenvalue weighted by molar-refractivity contribution is 5.84. The SMILES string of the molecule is COc1cccc(/C=N/N2CC[NH+](Cc3ccc(C)cc3C)CC2)c1O. The average Bonchev–Trinajstić information content (AvgIpc) is 2.64. The summed E-state index contributed by atoms with van der Waals surface area (Å²) in [4.78, 5) is 1.59. The average molecular weight is 354 g/mol. The van der Waals surface area contributed by atoms with E-state index < -0.39 is 0 Å². The van der Waals surface area contributed by atoms with Gasteiger partial charge in [0.15, 0.2) is 11.5 Å². The molecule has 0 spiro atoms. The number of aryl methyl sites for hydroxylation is 2. The quantitative estimate of drug-likeness (QED) is 0.805. The minimum atomic E-state index is 0.137. The smallest absolute Gasteiger partial charge is 0.166 e. The summed E-state index contributed by atoms with van der Waals surface area (Å²) < 4.78 is 5.14. The number of phenols is 1. The van der Waals surface area contributed by atoms with Gasteiger partial charge in [0.05, 0.1) is 39.5 Å². The van der Waals surface area contributed by atoms with Crippen molar-refractivity contribution in [3.05, 3.63) is 58.7 Å². The van der Waals surface area contributed by atoms with E-state index in [1.165, 1.54) is 16.7 Å². The van der Waals surface area contributed by atoms with Gasteiger partial charge in [-0.1, -0.05) is 29.8 Å². The molecular formula is C21H28N3O2+. The number of aromatic hydroxyl groups is 1. The van der Waals surface area contributed by atoms with Crippen molar-refractivity contribution in [3.8, 4) is 11.5 Å². The summed E-state index contributed by atoms with van der Waals surface area (Å²) in [5, 5.41) is 16.7. The zero-order chi connectivity index (χ0) is 18.5. The predicted molar refractivity (Wildman–Crippen MR) is 104 cm³/mol. The molecule has 3 rings (SSSR count). The summed E-state index contributed by atoms with van der Waals surface area (Å²) in [6, 6.07) is 12.1. The maximum atomic E-state index is 10.1. The molecule has 5 heteroatoms. The third-order valence-corrected chi connectivity index (χ3v) is 5.00. The molecule has 0 saturated carbocycles. The third-order valence-electron chi connectivity index (χ3n) is 5.00. The van der Waals surface area contributed by atoms with Crippen LogP contribution in [0.15, 0.2) is 41.5 Å². The van der Waals surface area contributed by atoms with E-state index in [4.69, 9.17) is 4.74 Å².